The average Bonchev–Trinajstić information content (AvgIpc) is 2.84. The standard InChI is InChI=1S/C13H9ClN2O3S/c1-19-7-2-3-8-9(6-7)15-13(18)16(12(8)17)11-5-4-10(14)20-11/h2-6H,1H3,(H,15,18). The normalized spacial score (nSPS) is 10.9. The molecule has 0 spiro atoms. The van der Waals surface area contributed by atoms with Gasteiger partial charge in [0.2, 0.25) is 0 Å². The molecule has 3 aromatic rings. The maximum absolute atomic E-state index is 12.4. The Labute approximate surface area is 122 Å². The average molecular weight is 309 g/mol. The Morgan fingerprint density at radius 3 is 2.70 bits per heavy atom. The van der Waals surface area contributed by atoms with E-state index >= 15 is 0 Å². The zero-order chi connectivity index (χ0) is 14.3. The monoisotopic (exact) mass is 308 g/mol. The lowest BCUT2D eigenvalue weighted by Gasteiger charge is -2.05. The Hall–Kier alpha value is -2.05. The van der Waals surface area contributed by atoms with Crippen LogP contribution in [0, 0.1) is 0 Å². The van der Waals surface area contributed by atoms with E-state index in [1.54, 1.807) is 30.3 Å². The predicted octanol–water partition coefficient (Wildman–Crippen LogP) is 2.40. The molecule has 2 aromatic heterocycles. The summed E-state index contributed by atoms with van der Waals surface area (Å²) in [6.07, 6.45) is 0. The van der Waals surface area contributed by atoms with Crippen LogP contribution in [0.3, 0.4) is 0 Å². The molecule has 1 aromatic carbocycles. The zero-order valence-corrected chi connectivity index (χ0v) is 11.9. The van der Waals surface area contributed by atoms with Crippen LogP contribution in [0.15, 0.2) is 39.9 Å². The first-order chi connectivity index (χ1) is 9.60. The number of hydrogen-bond acceptors (Lipinski definition) is 4. The molecule has 0 saturated carbocycles. The summed E-state index contributed by atoms with van der Waals surface area (Å²) in [5.74, 6) is 0.574. The van der Waals surface area contributed by atoms with E-state index in [9.17, 15) is 9.59 Å². The number of benzene rings is 1. The number of nitrogens with zero attached hydrogens (tertiary/aromatic N) is 1. The molecule has 0 unspecified atom stereocenters. The summed E-state index contributed by atoms with van der Waals surface area (Å²) in [6.45, 7) is 0. The van der Waals surface area contributed by atoms with Crippen LogP contribution < -0.4 is 16.0 Å². The van der Waals surface area contributed by atoms with Crippen molar-refractivity contribution in [2.75, 3.05) is 7.11 Å². The molecule has 2 heterocycles. The number of halogens is 1. The Balaban J connectivity index is 2.35. The fraction of sp³-hybridized carbons (Fsp3) is 0.0769. The van der Waals surface area contributed by atoms with Crippen LogP contribution in [0.1, 0.15) is 0 Å². The molecule has 1 N–H and O–H groups in total. The second-order valence-corrected chi connectivity index (χ2v) is 5.75. The Morgan fingerprint density at radius 1 is 1.25 bits per heavy atom. The predicted molar refractivity (Wildman–Crippen MR) is 79.6 cm³/mol. The van der Waals surface area contributed by atoms with Gasteiger partial charge in [0, 0.05) is 6.07 Å². The minimum absolute atomic E-state index is 0.384. The Kier molecular flexibility index (Phi) is 3.11. The topological polar surface area (TPSA) is 64.1 Å². The molecule has 7 heteroatoms. The van der Waals surface area contributed by atoms with E-state index in [2.05, 4.69) is 4.98 Å². The Bertz CT molecular complexity index is 910. The van der Waals surface area contributed by atoms with Crippen molar-refractivity contribution in [3.63, 3.8) is 0 Å². The van der Waals surface area contributed by atoms with Gasteiger partial charge in [0.1, 0.15) is 10.8 Å². The molecule has 0 radical (unpaired) electrons. The molecular formula is C13H9ClN2O3S. The summed E-state index contributed by atoms with van der Waals surface area (Å²) in [4.78, 5) is 27.2. The summed E-state index contributed by atoms with van der Waals surface area (Å²) in [7, 11) is 1.52. The third-order valence-electron chi connectivity index (χ3n) is 2.88. The van der Waals surface area contributed by atoms with Crippen LogP contribution in [0.4, 0.5) is 0 Å². The molecule has 0 saturated heterocycles. The first-order valence-electron chi connectivity index (χ1n) is 5.69. The van der Waals surface area contributed by atoms with E-state index in [0.29, 0.717) is 26.0 Å². The largest absolute Gasteiger partial charge is 0.497 e. The van der Waals surface area contributed by atoms with E-state index in [-0.39, 0.29) is 5.56 Å². The molecule has 0 fully saturated rings. The number of rotatable bonds is 2. The molecule has 5 nitrogen and oxygen atoms in total. The Morgan fingerprint density at radius 2 is 2.05 bits per heavy atom. The van der Waals surface area contributed by atoms with Gasteiger partial charge < -0.3 is 9.72 Å². The van der Waals surface area contributed by atoms with Crippen LogP contribution in [0.25, 0.3) is 15.9 Å². The van der Waals surface area contributed by atoms with E-state index < -0.39 is 5.69 Å². The second kappa shape index (κ2) is 4.81. The highest BCUT2D eigenvalue weighted by molar-refractivity contribution is 7.18. The number of methoxy groups -OCH3 is 1. The number of H-pyrrole nitrogens is 1. The summed E-state index contributed by atoms with van der Waals surface area (Å²) >= 11 is 7.02. The van der Waals surface area contributed by atoms with Gasteiger partial charge in [-0.05, 0) is 24.3 Å². The lowest BCUT2D eigenvalue weighted by molar-refractivity contribution is 0.415. The van der Waals surface area contributed by atoms with E-state index in [4.69, 9.17) is 16.3 Å². The molecule has 0 amide bonds. The highest BCUT2D eigenvalue weighted by Gasteiger charge is 2.11. The zero-order valence-electron chi connectivity index (χ0n) is 10.3. The van der Waals surface area contributed by atoms with Crippen molar-refractivity contribution in [3.05, 3.63) is 55.5 Å². The van der Waals surface area contributed by atoms with Crippen molar-refractivity contribution in [1.29, 1.82) is 0 Å². The van der Waals surface area contributed by atoms with Gasteiger partial charge in [-0.1, -0.05) is 11.6 Å². The third-order valence-corrected chi connectivity index (χ3v) is 4.10. The molecule has 0 aliphatic heterocycles. The van der Waals surface area contributed by atoms with Crippen molar-refractivity contribution in [2.24, 2.45) is 0 Å². The molecule has 0 atom stereocenters. The SMILES string of the molecule is COc1ccc2c(=O)n(-c3ccc(Cl)s3)c(=O)[nH]c2c1. The van der Waals surface area contributed by atoms with Crippen molar-refractivity contribution >= 4 is 33.8 Å². The minimum atomic E-state index is -0.505. The lowest BCUT2D eigenvalue weighted by atomic mass is 10.2. The van der Waals surface area contributed by atoms with E-state index in [0.717, 1.165) is 4.57 Å². The number of hydrogen-bond donors (Lipinski definition) is 1. The molecule has 0 aliphatic carbocycles. The highest BCUT2D eigenvalue weighted by atomic mass is 35.5. The number of thiophene rings is 1. The number of aromatic nitrogens is 2. The fourth-order valence-electron chi connectivity index (χ4n) is 1.95. The summed E-state index contributed by atoms with van der Waals surface area (Å²) in [5, 5.41) is 0.897. The highest BCUT2D eigenvalue weighted by Crippen LogP contribution is 2.23. The molecule has 20 heavy (non-hydrogen) atoms. The smallest absolute Gasteiger partial charge is 0.334 e. The second-order valence-electron chi connectivity index (χ2n) is 4.06. The van der Waals surface area contributed by atoms with Crippen molar-refractivity contribution < 1.29 is 4.74 Å². The van der Waals surface area contributed by atoms with E-state index in [1.807, 2.05) is 0 Å². The molecule has 102 valence electrons. The number of aromatic amines is 1. The molecule has 3 rings (SSSR count). The molecule has 0 bridgehead atoms. The molecule has 0 aliphatic rings. The number of fused-ring (bicyclic) bond motifs is 1. The maximum atomic E-state index is 12.4. The number of ether oxygens (including phenoxy) is 1. The third kappa shape index (κ3) is 2.03. The van der Waals surface area contributed by atoms with Gasteiger partial charge in [0.05, 0.1) is 22.3 Å². The van der Waals surface area contributed by atoms with Gasteiger partial charge >= 0.3 is 5.69 Å². The van der Waals surface area contributed by atoms with Crippen LogP contribution >= 0.6 is 22.9 Å². The quantitative estimate of drug-likeness (QED) is 0.790. The van der Waals surface area contributed by atoms with Crippen LogP contribution in [-0.2, 0) is 0 Å². The van der Waals surface area contributed by atoms with Gasteiger partial charge in [0.15, 0.2) is 0 Å². The van der Waals surface area contributed by atoms with Crippen molar-refractivity contribution in [3.8, 4) is 10.8 Å². The maximum Gasteiger partial charge on any atom is 0.334 e. The molecular weight excluding hydrogens is 300 g/mol. The fourth-order valence-corrected chi connectivity index (χ4v) is 2.98. The first-order valence-corrected chi connectivity index (χ1v) is 6.88. The number of nitrogens with one attached hydrogen (secondary N) is 1. The van der Waals surface area contributed by atoms with Crippen LogP contribution in [0.2, 0.25) is 4.34 Å². The van der Waals surface area contributed by atoms with Gasteiger partial charge in [-0.15, -0.1) is 11.3 Å². The van der Waals surface area contributed by atoms with Crippen LogP contribution in [-0.4, -0.2) is 16.7 Å². The van der Waals surface area contributed by atoms with Gasteiger partial charge in [-0.25, -0.2) is 9.36 Å². The van der Waals surface area contributed by atoms with Crippen molar-refractivity contribution in [2.45, 2.75) is 0 Å². The van der Waals surface area contributed by atoms with Crippen LogP contribution in [0.5, 0.6) is 5.75 Å². The minimum Gasteiger partial charge on any atom is -0.497 e. The lowest BCUT2D eigenvalue weighted by Crippen LogP contribution is -2.32. The van der Waals surface area contributed by atoms with E-state index in [1.165, 1.54) is 18.4 Å². The van der Waals surface area contributed by atoms with Gasteiger partial charge in [-0.2, -0.15) is 0 Å². The summed E-state index contributed by atoms with van der Waals surface area (Å²) in [5.41, 5.74) is -0.447. The summed E-state index contributed by atoms with van der Waals surface area (Å²) < 4.78 is 6.66. The van der Waals surface area contributed by atoms with Gasteiger partial charge in [-0.3, -0.25) is 4.79 Å². The first kappa shape index (κ1) is 13.0. The van der Waals surface area contributed by atoms with Crippen molar-refractivity contribution in [1.82, 2.24) is 9.55 Å². The van der Waals surface area contributed by atoms with Gasteiger partial charge in [0.25, 0.3) is 5.56 Å². The summed E-state index contributed by atoms with van der Waals surface area (Å²) in [6, 6.07) is 8.19.